The molecule has 4 aromatic carbocycles. The van der Waals surface area contributed by atoms with Crippen LogP contribution >= 0.6 is 0 Å². The average molecular weight is 741 g/mol. The average Bonchev–Trinajstić information content (AvgIpc) is 3.52. The summed E-state index contributed by atoms with van der Waals surface area (Å²) in [4.78, 5) is 15.4. The number of alkyl halides is 2. The zero-order valence-corrected chi connectivity index (χ0v) is 25.5. The summed E-state index contributed by atoms with van der Waals surface area (Å²) < 4.78 is 33.7. The molecule has 1 atom stereocenters. The molecule has 1 N–H and O–H groups in total. The predicted molar refractivity (Wildman–Crippen MR) is 158 cm³/mol. The summed E-state index contributed by atoms with van der Waals surface area (Å²) in [5.74, 6) is -2.70. The second kappa shape index (κ2) is 11.7. The number of benzene rings is 4. The maximum Gasteiger partial charge on any atom is 0.248 e. The molecule has 0 spiro atoms. The Balaban J connectivity index is 0.000000275. The van der Waals surface area contributed by atoms with Gasteiger partial charge in [0.15, 0.2) is 5.78 Å². The smallest absolute Gasteiger partial charge is 0.248 e. The van der Waals surface area contributed by atoms with E-state index in [-0.39, 0.29) is 50.4 Å². The molecular weight excluding hydrogens is 713 g/mol. The third kappa shape index (κ3) is 5.72. The molecule has 1 aliphatic carbocycles. The van der Waals surface area contributed by atoms with E-state index < -0.39 is 5.92 Å². The molecule has 0 amide bonds. The minimum Gasteiger partial charge on any atom is -0.507 e. The van der Waals surface area contributed by atoms with Gasteiger partial charge in [0.05, 0.1) is 11.1 Å². The first-order valence-corrected chi connectivity index (χ1v) is 13.6. The second-order valence-electron chi connectivity index (χ2n) is 10.7. The largest absolute Gasteiger partial charge is 0.507 e. The van der Waals surface area contributed by atoms with Crippen LogP contribution in [0.2, 0.25) is 0 Å². The van der Waals surface area contributed by atoms with Crippen molar-refractivity contribution < 1.29 is 43.2 Å². The van der Waals surface area contributed by atoms with Crippen molar-refractivity contribution in [3.05, 3.63) is 108 Å². The number of hydrogen-bond acceptors (Lipinski definition) is 4. The molecule has 6 aromatic rings. The fraction of sp³-hybridized carbons (Fsp3) is 0.200. The number of furan rings is 1. The molecule has 2 aromatic heterocycles. The number of pyridine rings is 1. The van der Waals surface area contributed by atoms with E-state index in [1.807, 2.05) is 49.4 Å². The molecule has 1 fully saturated rings. The van der Waals surface area contributed by atoms with Crippen LogP contribution in [0.25, 0.3) is 44.0 Å². The minimum absolute atomic E-state index is 0. The summed E-state index contributed by atoms with van der Waals surface area (Å²) in [7, 11) is 0. The van der Waals surface area contributed by atoms with Crippen LogP contribution in [0, 0.1) is 13.0 Å². The Hall–Kier alpha value is -3.93. The van der Waals surface area contributed by atoms with Crippen LogP contribution in [0.1, 0.15) is 53.6 Å². The normalized spacial score (nSPS) is 15.8. The van der Waals surface area contributed by atoms with E-state index in [9.17, 15) is 13.6 Å². The van der Waals surface area contributed by atoms with Gasteiger partial charge in [0.1, 0.15) is 11.3 Å². The summed E-state index contributed by atoms with van der Waals surface area (Å²) in [6.07, 6.45) is 2.21. The number of carbonyl (C=O) groups is 1. The fourth-order valence-corrected chi connectivity index (χ4v) is 5.72. The van der Waals surface area contributed by atoms with Crippen molar-refractivity contribution in [1.82, 2.24) is 4.98 Å². The SMILES string of the molecule is CC(=O)c1ccccc1O.Cc1[c-]c(-c2nccc3cc(C4CCC(F)(F)C4)ccc23)c2oc3ccccc3c2c1.[Ir]. The van der Waals surface area contributed by atoms with Crippen LogP contribution < -0.4 is 0 Å². The van der Waals surface area contributed by atoms with Crippen molar-refractivity contribution in [3.8, 4) is 17.0 Å². The molecular formula is C35H28F2IrNO3-. The number of phenols is 1. The number of aryl methyl sites for hydroxylation is 1. The van der Waals surface area contributed by atoms with Gasteiger partial charge < -0.3 is 14.5 Å². The first-order valence-electron chi connectivity index (χ1n) is 13.6. The Kier molecular flexibility index (Phi) is 8.27. The standard InChI is InChI=1S/C27H20F2NO.C8H8O2.Ir/c1-16-12-22-21-4-2-3-5-24(21)31-26(22)23(13-16)25-20-7-6-17(14-18(20)9-11-30-25)19-8-10-27(28,29)15-19;1-6(9)7-4-2-3-5-8(7)10;/h2-7,9,11-12,14,19H,8,10,15H2,1H3;2-5,10H,1H3;/q-1;;. The van der Waals surface area contributed by atoms with Crippen molar-refractivity contribution in [3.63, 3.8) is 0 Å². The van der Waals surface area contributed by atoms with Crippen molar-refractivity contribution in [2.75, 3.05) is 0 Å². The molecule has 1 radical (unpaired) electrons. The molecule has 4 nitrogen and oxygen atoms in total. The summed E-state index contributed by atoms with van der Waals surface area (Å²) in [6, 6.07) is 28.0. The molecule has 42 heavy (non-hydrogen) atoms. The Labute approximate surface area is 255 Å². The number of ketones is 1. The zero-order chi connectivity index (χ0) is 28.7. The van der Waals surface area contributed by atoms with E-state index in [4.69, 9.17) is 9.52 Å². The quantitative estimate of drug-likeness (QED) is 0.145. The molecule has 0 bridgehead atoms. The van der Waals surface area contributed by atoms with E-state index in [1.54, 1.807) is 24.4 Å². The summed E-state index contributed by atoms with van der Waals surface area (Å²) in [6.45, 7) is 3.45. The number of carbonyl (C=O) groups excluding carboxylic acids is 1. The predicted octanol–water partition coefficient (Wildman–Crippen LogP) is 9.40. The van der Waals surface area contributed by atoms with Crippen LogP contribution in [-0.2, 0) is 20.1 Å². The fourth-order valence-electron chi connectivity index (χ4n) is 5.72. The van der Waals surface area contributed by atoms with Gasteiger partial charge in [-0.15, -0.1) is 17.7 Å². The molecule has 1 unspecified atom stereocenters. The number of aromatic nitrogens is 1. The number of nitrogens with zero attached hydrogens (tertiary/aromatic N) is 1. The second-order valence-corrected chi connectivity index (χ2v) is 10.7. The molecule has 7 rings (SSSR count). The summed E-state index contributed by atoms with van der Waals surface area (Å²) >= 11 is 0. The van der Waals surface area contributed by atoms with E-state index in [0.717, 1.165) is 55.1 Å². The van der Waals surface area contributed by atoms with Gasteiger partial charge in [-0.25, -0.2) is 8.78 Å². The Morgan fingerprint density at radius 1 is 1.00 bits per heavy atom. The maximum absolute atomic E-state index is 13.7. The van der Waals surface area contributed by atoms with Crippen molar-refractivity contribution in [2.24, 2.45) is 0 Å². The van der Waals surface area contributed by atoms with Gasteiger partial charge in [-0.3, -0.25) is 4.79 Å². The number of halogens is 2. The minimum atomic E-state index is -2.55. The summed E-state index contributed by atoms with van der Waals surface area (Å²) in [5.41, 5.74) is 5.60. The van der Waals surface area contributed by atoms with E-state index in [1.165, 1.54) is 13.0 Å². The van der Waals surface area contributed by atoms with Crippen LogP contribution in [-0.4, -0.2) is 21.8 Å². The Morgan fingerprint density at radius 3 is 2.48 bits per heavy atom. The van der Waals surface area contributed by atoms with E-state index in [2.05, 4.69) is 23.2 Å². The van der Waals surface area contributed by atoms with E-state index in [0.29, 0.717) is 12.0 Å². The number of fused-ring (bicyclic) bond motifs is 4. The monoisotopic (exact) mass is 741 g/mol. The number of phenolic OH excluding ortho intramolecular Hbond substituents is 1. The van der Waals surface area contributed by atoms with E-state index >= 15 is 0 Å². The van der Waals surface area contributed by atoms with Crippen molar-refractivity contribution >= 4 is 38.5 Å². The molecule has 0 aliphatic heterocycles. The molecule has 215 valence electrons. The third-order valence-corrected chi connectivity index (χ3v) is 7.73. The third-order valence-electron chi connectivity index (χ3n) is 7.73. The number of Topliss-reactive ketones (excluding diaryl/α,β-unsaturated/α-hetero) is 1. The molecule has 1 aliphatic rings. The van der Waals surface area contributed by atoms with Gasteiger partial charge >= 0.3 is 0 Å². The van der Waals surface area contributed by atoms with Gasteiger partial charge in [-0.05, 0) is 65.6 Å². The van der Waals surface area contributed by atoms with Gasteiger partial charge in [0, 0.05) is 44.5 Å². The molecule has 7 heteroatoms. The van der Waals surface area contributed by atoms with Crippen molar-refractivity contribution in [2.45, 2.75) is 45.0 Å². The molecule has 2 heterocycles. The van der Waals surface area contributed by atoms with Crippen LogP contribution in [0.15, 0.2) is 89.5 Å². The van der Waals surface area contributed by atoms with Gasteiger partial charge in [0.2, 0.25) is 5.92 Å². The Bertz CT molecular complexity index is 1930. The maximum atomic E-state index is 13.7. The van der Waals surface area contributed by atoms with Gasteiger partial charge in [0.25, 0.3) is 0 Å². The van der Waals surface area contributed by atoms with Gasteiger partial charge in [-0.1, -0.05) is 66.4 Å². The van der Waals surface area contributed by atoms with Gasteiger partial charge in [-0.2, -0.15) is 0 Å². The van der Waals surface area contributed by atoms with Crippen LogP contribution in [0.5, 0.6) is 5.75 Å². The van der Waals surface area contributed by atoms with Crippen molar-refractivity contribution in [1.29, 1.82) is 0 Å². The number of para-hydroxylation sites is 2. The van der Waals surface area contributed by atoms with Crippen LogP contribution in [0.3, 0.4) is 0 Å². The molecule has 0 saturated heterocycles. The number of aromatic hydroxyl groups is 1. The number of hydrogen-bond donors (Lipinski definition) is 1. The first-order chi connectivity index (χ1) is 19.7. The first kappa shape index (κ1) is 29.6. The molecule has 1 saturated carbocycles. The summed E-state index contributed by atoms with van der Waals surface area (Å²) in [5, 5.41) is 13.1. The topological polar surface area (TPSA) is 63.3 Å². The number of rotatable bonds is 3. The van der Waals surface area contributed by atoms with Crippen LogP contribution in [0.4, 0.5) is 8.78 Å². The zero-order valence-electron chi connectivity index (χ0n) is 23.1. The Morgan fingerprint density at radius 2 is 1.76 bits per heavy atom.